The van der Waals surface area contributed by atoms with Crippen LogP contribution in [0.4, 0.5) is 0 Å². The third kappa shape index (κ3) is 3.14. The molecule has 2 aliphatic rings. The fourth-order valence-electron chi connectivity index (χ4n) is 4.41. The summed E-state index contributed by atoms with van der Waals surface area (Å²) in [6, 6.07) is 3.99. The fourth-order valence-corrected chi connectivity index (χ4v) is 4.41. The number of hydrogen-bond donors (Lipinski definition) is 0. The summed E-state index contributed by atoms with van der Waals surface area (Å²) in [6.07, 6.45) is 8.66. The third-order valence-corrected chi connectivity index (χ3v) is 6.06. The van der Waals surface area contributed by atoms with Crippen molar-refractivity contribution in [1.82, 2.24) is 24.3 Å². The maximum Gasteiger partial charge on any atom is 0.230 e. The fraction of sp³-hybridized carbons (Fsp3) is 0.550. The molecule has 4 rings (SSSR count). The molecule has 1 atom stereocenters. The van der Waals surface area contributed by atoms with E-state index < -0.39 is 0 Å². The van der Waals surface area contributed by atoms with Gasteiger partial charge >= 0.3 is 0 Å². The Labute approximate surface area is 154 Å². The van der Waals surface area contributed by atoms with E-state index in [0.29, 0.717) is 12.5 Å². The number of nitrogens with zero attached hydrogens (tertiary/aromatic N) is 5. The second kappa shape index (κ2) is 6.83. The molecule has 2 aromatic rings. The van der Waals surface area contributed by atoms with Crippen LogP contribution in [0.15, 0.2) is 30.7 Å². The lowest BCUT2D eigenvalue weighted by atomic mass is 9.78. The zero-order valence-electron chi connectivity index (χ0n) is 15.7. The van der Waals surface area contributed by atoms with Crippen LogP contribution in [-0.2, 0) is 24.9 Å². The molecule has 0 saturated carbocycles. The molecule has 0 aromatic carbocycles. The van der Waals surface area contributed by atoms with Gasteiger partial charge in [0.1, 0.15) is 5.82 Å². The van der Waals surface area contributed by atoms with Crippen LogP contribution in [-0.4, -0.2) is 49.9 Å². The van der Waals surface area contributed by atoms with Crippen molar-refractivity contribution < 1.29 is 4.79 Å². The van der Waals surface area contributed by atoms with Crippen LogP contribution in [0.25, 0.3) is 0 Å². The number of imidazole rings is 1. The van der Waals surface area contributed by atoms with Gasteiger partial charge in [0.25, 0.3) is 0 Å². The number of amides is 1. The summed E-state index contributed by atoms with van der Waals surface area (Å²) in [7, 11) is 2.06. The Kier molecular flexibility index (Phi) is 4.53. The first kappa shape index (κ1) is 17.2. The first-order valence-corrected chi connectivity index (χ1v) is 9.45. The Morgan fingerprint density at radius 1 is 1.19 bits per heavy atom. The van der Waals surface area contributed by atoms with Crippen LogP contribution in [0.2, 0.25) is 0 Å². The maximum atomic E-state index is 13.3. The van der Waals surface area contributed by atoms with E-state index >= 15 is 0 Å². The largest absolute Gasteiger partial charge is 0.338 e. The van der Waals surface area contributed by atoms with Crippen LogP contribution in [0.1, 0.15) is 36.3 Å². The summed E-state index contributed by atoms with van der Waals surface area (Å²) >= 11 is 0. The van der Waals surface area contributed by atoms with Crippen LogP contribution in [0, 0.1) is 12.3 Å². The number of rotatable bonds is 4. The van der Waals surface area contributed by atoms with E-state index in [2.05, 4.69) is 26.5 Å². The predicted molar refractivity (Wildman–Crippen MR) is 99.2 cm³/mol. The monoisotopic (exact) mass is 353 g/mol. The normalized spacial score (nSPS) is 23.9. The van der Waals surface area contributed by atoms with Gasteiger partial charge < -0.3 is 9.47 Å². The van der Waals surface area contributed by atoms with Gasteiger partial charge in [-0.2, -0.15) is 0 Å². The topological polar surface area (TPSA) is 54.3 Å². The number of hydrogen-bond acceptors (Lipinski definition) is 4. The van der Waals surface area contributed by atoms with Crippen molar-refractivity contribution >= 4 is 5.91 Å². The standard InChI is InChI=1S/C20H27N5O/c1-16-22-12-18(23(16)2)14-24-10-7-20(15-24)6-4-9-25(19(20)26)13-17-5-3-8-21-11-17/h3,5,8,11-12H,4,6-7,9-10,13-15H2,1-2H3/t20-/m0/s1. The molecule has 0 aliphatic carbocycles. The lowest BCUT2D eigenvalue weighted by molar-refractivity contribution is -0.146. The van der Waals surface area contributed by atoms with Crippen molar-refractivity contribution in [3.63, 3.8) is 0 Å². The summed E-state index contributed by atoms with van der Waals surface area (Å²) in [5.74, 6) is 1.36. The summed E-state index contributed by atoms with van der Waals surface area (Å²) in [4.78, 5) is 26.3. The molecule has 4 heterocycles. The van der Waals surface area contributed by atoms with E-state index in [1.165, 1.54) is 5.69 Å². The van der Waals surface area contributed by atoms with Crippen LogP contribution < -0.4 is 0 Å². The van der Waals surface area contributed by atoms with Gasteiger partial charge in [0.2, 0.25) is 5.91 Å². The number of aromatic nitrogens is 3. The lowest BCUT2D eigenvalue weighted by Gasteiger charge is -2.39. The van der Waals surface area contributed by atoms with E-state index in [1.807, 2.05) is 36.4 Å². The summed E-state index contributed by atoms with van der Waals surface area (Å²) in [5, 5.41) is 0. The minimum Gasteiger partial charge on any atom is -0.338 e. The van der Waals surface area contributed by atoms with Crippen LogP contribution >= 0.6 is 0 Å². The van der Waals surface area contributed by atoms with E-state index in [9.17, 15) is 4.79 Å². The molecule has 2 aromatic heterocycles. The molecule has 0 N–H and O–H groups in total. The molecule has 0 unspecified atom stereocenters. The highest BCUT2D eigenvalue weighted by molar-refractivity contribution is 5.84. The van der Waals surface area contributed by atoms with E-state index in [4.69, 9.17) is 0 Å². The average Bonchev–Trinajstić information content (AvgIpc) is 3.19. The minimum atomic E-state index is -0.200. The molecule has 0 radical (unpaired) electrons. The van der Waals surface area contributed by atoms with Crippen molar-refractivity contribution in [1.29, 1.82) is 0 Å². The Bertz CT molecular complexity index is 787. The molecule has 0 bridgehead atoms. The molecule has 1 amide bonds. The van der Waals surface area contributed by atoms with Crippen LogP contribution in [0.5, 0.6) is 0 Å². The molecule has 6 nitrogen and oxygen atoms in total. The summed E-state index contributed by atoms with van der Waals surface area (Å²) in [5.41, 5.74) is 2.13. The highest BCUT2D eigenvalue weighted by atomic mass is 16.2. The van der Waals surface area contributed by atoms with Crippen molar-refractivity contribution in [2.75, 3.05) is 19.6 Å². The second-order valence-corrected chi connectivity index (χ2v) is 7.79. The van der Waals surface area contributed by atoms with Crippen molar-refractivity contribution in [2.45, 2.75) is 39.3 Å². The summed E-state index contributed by atoms with van der Waals surface area (Å²) < 4.78 is 2.14. The number of likely N-dealkylation sites (tertiary alicyclic amines) is 2. The van der Waals surface area contributed by atoms with Crippen molar-refractivity contribution in [2.24, 2.45) is 12.5 Å². The molecule has 138 valence electrons. The van der Waals surface area contributed by atoms with Gasteiger partial charge in [-0.3, -0.25) is 14.7 Å². The molecule has 6 heteroatoms. The zero-order valence-corrected chi connectivity index (χ0v) is 15.7. The Balaban J connectivity index is 1.44. The first-order valence-electron chi connectivity index (χ1n) is 9.45. The Morgan fingerprint density at radius 2 is 2.08 bits per heavy atom. The van der Waals surface area contributed by atoms with Gasteiger partial charge in [-0.15, -0.1) is 0 Å². The van der Waals surface area contributed by atoms with E-state index in [-0.39, 0.29) is 5.41 Å². The molecular weight excluding hydrogens is 326 g/mol. The van der Waals surface area contributed by atoms with Crippen molar-refractivity contribution in [3.8, 4) is 0 Å². The number of carbonyl (C=O) groups is 1. The highest BCUT2D eigenvalue weighted by Gasteiger charge is 2.48. The molecule has 1 spiro atoms. The number of carbonyl (C=O) groups excluding carboxylic acids is 1. The van der Waals surface area contributed by atoms with Gasteiger partial charge in [-0.25, -0.2) is 4.98 Å². The van der Waals surface area contributed by atoms with Crippen LogP contribution in [0.3, 0.4) is 0 Å². The molecule has 2 aliphatic heterocycles. The maximum absolute atomic E-state index is 13.3. The van der Waals surface area contributed by atoms with E-state index in [0.717, 1.165) is 56.8 Å². The molecular formula is C20H27N5O. The number of pyridine rings is 1. The number of aryl methyl sites for hydroxylation is 1. The summed E-state index contributed by atoms with van der Waals surface area (Å²) in [6.45, 7) is 6.27. The number of piperidine rings is 1. The van der Waals surface area contributed by atoms with Gasteiger partial charge in [0.15, 0.2) is 0 Å². The Morgan fingerprint density at radius 3 is 2.81 bits per heavy atom. The predicted octanol–water partition coefficient (Wildman–Crippen LogP) is 2.14. The van der Waals surface area contributed by atoms with Gasteiger partial charge in [-0.1, -0.05) is 6.07 Å². The minimum absolute atomic E-state index is 0.200. The van der Waals surface area contributed by atoms with Gasteiger partial charge in [0, 0.05) is 51.8 Å². The first-order chi connectivity index (χ1) is 12.6. The smallest absolute Gasteiger partial charge is 0.230 e. The SMILES string of the molecule is Cc1ncc(CN2CC[C@@]3(CCCN(Cc4cccnc4)C3=O)C2)n1C. The average molecular weight is 353 g/mol. The molecule has 26 heavy (non-hydrogen) atoms. The third-order valence-electron chi connectivity index (χ3n) is 6.06. The highest BCUT2D eigenvalue weighted by Crippen LogP contribution is 2.40. The molecule has 2 saturated heterocycles. The van der Waals surface area contributed by atoms with Gasteiger partial charge in [0.05, 0.1) is 11.1 Å². The second-order valence-electron chi connectivity index (χ2n) is 7.79. The lowest BCUT2D eigenvalue weighted by Crippen LogP contribution is -2.49. The van der Waals surface area contributed by atoms with E-state index in [1.54, 1.807) is 6.20 Å². The quantitative estimate of drug-likeness (QED) is 0.845. The molecule has 2 fully saturated rings. The van der Waals surface area contributed by atoms with Gasteiger partial charge in [-0.05, 0) is 44.4 Å². The van der Waals surface area contributed by atoms with Crippen molar-refractivity contribution in [3.05, 3.63) is 47.8 Å². The Hall–Kier alpha value is -2.21. The zero-order chi connectivity index (χ0) is 18.1.